The summed E-state index contributed by atoms with van der Waals surface area (Å²) >= 11 is 0. The molecule has 33 heavy (non-hydrogen) atoms. The molecule has 2 atom stereocenters. The smallest absolute Gasteiger partial charge is 0.320 e. The number of methoxy groups -OCH3 is 1. The second-order valence-electron chi connectivity index (χ2n) is 8.24. The minimum Gasteiger partial charge on any atom is -0.467 e. The summed E-state index contributed by atoms with van der Waals surface area (Å²) in [6, 6.07) is 9.69. The summed E-state index contributed by atoms with van der Waals surface area (Å²) in [4.78, 5) is 27.2. The van der Waals surface area contributed by atoms with Gasteiger partial charge in [0.25, 0.3) is 0 Å². The number of carbonyl (C=O) groups is 1. The van der Waals surface area contributed by atoms with Gasteiger partial charge >= 0.3 is 12.0 Å². The largest absolute Gasteiger partial charge is 0.467 e. The molecule has 10 heteroatoms. The van der Waals surface area contributed by atoms with Crippen LogP contribution in [0.25, 0.3) is 16.9 Å². The van der Waals surface area contributed by atoms with Crippen molar-refractivity contribution in [3.63, 3.8) is 0 Å². The van der Waals surface area contributed by atoms with Crippen LogP contribution in [0.15, 0.2) is 42.7 Å². The Morgan fingerprint density at radius 2 is 1.91 bits per heavy atom. The number of hydroxylamine groups is 2. The van der Waals surface area contributed by atoms with Crippen molar-refractivity contribution >= 4 is 11.8 Å². The van der Waals surface area contributed by atoms with E-state index in [1.54, 1.807) is 17.1 Å². The van der Waals surface area contributed by atoms with Gasteiger partial charge in [-0.2, -0.15) is 10.2 Å². The lowest BCUT2D eigenvalue weighted by molar-refractivity contribution is -0.160. The van der Waals surface area contributed by atoms with E-state index in [4.69, 9.17) is 14.7 Å². The molecule has 2 aromatic heterocycles. The number of nitrogens with zero attached hydrogens (tertiary/aromatic N) is 5. The lowest BCUT2D eigenvalue weighted by atomic mass is 10.1. The third-order valence-electron chi connectivity index (χ3n) is 5.58. The van der Waals surface area contributed by atoms with Crippen LogP contribution in [0, 0.1) is 6.92 Å². The van der Waals surface area contributed by atoms with Gasteiger partial charge in [-0.25, -0.2) is 19.4 Å². The molecule has 1 fully saturated rings. The zero-order chi connectivity index (χ0) is 23.5. The van der Waals surface area contributed by atoms with Crippen LogP contribution in [0.5, 0.6) is 6.01 Å². The Kier molecular flexibility index (Phi) is 6.57. The molecular weight excluding hydrogens is 422 g/mol. The number of carbonyl (C=O) groups excluding carboxylic acids is 1. The second-order valence-corrected chi connectivity index (χ2v) is 8.24. The van der Waals surface area contributed by atoms with Crippen molar-refractivity contribution in [3.05, 3.63) is 48.3 Å². The third-order valence-corrected chi connectivity index (χ3v) is 5.58. The van der Waals surface area contributed by atoms with Gasteiger partial charge in [-0.05, 0) is 39.8 Å². The molecule has 1 aliphatic rings. The van der Waals surface area contributed by atoms with Crippen LogP contribution in [-0.4, -0.2) is 62.7 Å². The maximum absolute atomic E-state index is 13.0. The SMILES string of the molecule is COc1ncc(-c2nn(-c3ccccc3)c(NC(=O)N[C@@H]3CN(C(C)C)O[C@H]3C)c2C)cn1. The summed E-state index contributed by atoms with van der Waals surface area (Å²) in [6.45, 7) is 8.60. The van der Waals surface area contributed by atoms with Crippen LogP contribution in [0.4, 0.5) is 10.6 Å². The van der Waals surface area contributed by atoms with Gasteiger partial charge in [-0.1, -0.05) is 18.2 Å². The fourth-order valence-corrected chi connectivity index (χ4v) is 3.70. The van der Waals surface area contributed by atoms with Crippen LogP contribution >= 0.6 is 0 Å². The molecule has 0 unspecified atom stereocenters. The van der Waals surface area contributed by atoms with Gasteiger partial charge in [0.1, 0.15) is 11.5 Å². The molecule has 2 amide bonds. The number of rotatable bonds is 6. The van der Waals surface area contributed by atoms with E-state index in [0.717, 1.165) is 16.8 Å². The van der Waals surface area contributed by atoms with Gasteiger partial charge in [0, 0.05) is 36.1 Å². The zero-order valence-electron chi connectivity index (χ0n) is 19.4. The highest BCUT2D eigenvalue weighted by Gasteiger charge is 2.33. The summed E-state index contributed by atoms with van der Waals surface area (Å²) in [5.41, 5.74) is 3.00. The molecule has 0 spiro atoms. The standard InChI is InChI=1S/C23H29N7O3/c1-14(2)29-13-19(16(4)33-29)26-22(31)27-21-15(3)20(17-11-24-23(32-5)25-12-17)28-30(21)18-9-7-6-8-10-18/h6-12,14,16,19H,13H2,1-5H3,(H2,26,27,31)/t16-,19+/m0/s1. The average molecular weight is 452 g/mol. The summed E-state index contributed by atoms with van der Waals surface area (Å²) in [5.74, 6) is 0.566. The zero-order valence-corrected chi connectivity index (χ0v) is 19.4. The topological polar surface area (TPSA) is 106 Å². The molecule has 3 aromatic rings. The molecule has 2 N–H and O–H groups in total. The van der Waals surface area contributed by atoms with Gasteiger partial charge in [0.15, 0.2) is 0 Å². The summed E-state index contributed by atoms with van der Waals surface area (Å²) in [6.07, 6.45) is 3.18. The highest BCUT2D eigenvalue weighted by molar-refractivity contribution is 5.91. The lowest BCUT2D eigenvalue weighted by Gasteiger charge is -2.18. The molecule has 174 valence electrons. The number of amides is 2. The van der Waals surface area contributed by atoms with Crippen LogP contribution in [0.2, 0.25) is 0 Å². The van der Waals surface area contributed by atoms with E-state index in [9.17, 15) is 4.79 Å². The fourth-order valence-electron chi connectivity index (χ4n) is 3.70. The molecule has 0 aliphatic carbocycles. The van der Waals surface area contributed by atoms with Crippen molar-refractivity contribution in [1.29, 1.82) is 0 Å². The Morgan fingerprint density at radius 3 is 2.52 bits per heavy atom. The van der Waals surface area contributed by atoms with Crippen LogP contribution < -0.4 is 15.4 Å². The van der Waals surface area contributed by atoms with Crippen molar-refractivity contribution in [3.8, 4) is 23.0 Å². The first-order valence-corrected chi connectivity index (χ1v) is 10.9. The van der Waals surface area contributed by atoms with Crippen molar-refractivity contribution in [2.75, 3.05) is 19.0 Å². The molecule has 0 bridgehead atoms. The number of nitrogens with one attached hydrogen (secondary N) is 2. The number of hydrogen-bond donors (Lipinski definition) is 2. The van der Waals surface area contributed by atoms with E-state index < -0.39 is 0 Å². The molecule has 1 saturated heterocycles. The number of ether oxygens (including phenoxy) is 1. The second kappa shape index (κ2) is 9.55. The highest BCUT2D eigenvalue weighted by atomic mass is 16.7. The Morgan fingerprint density at radius 1 is 1.21 bits per heavy atom. The molecule has 1 aliphatic heterocycles. The maximum Gasteiger partial charge on any atom is 0.320 e. The molecule has 0 saturated carbocycles. The quantitative estimate of drug-likeness (QED) is 0.593. The first kappa shape index (κ1) is 22.7. The van der Waals surface area contributed by atoms with Crippen molar-refractivity contribution in [1.82, 2.24) is 30.1 Å². The first-order chi connectivity index (χ1) is 15.9. The molecule has 0 radical (unpaired) electrons. The van der Waals surface area contributed by atoms with Gasteiger partial charge in [-0.3, -0.25) is 10.2 Å². The number of benzene rings is 1. The van der Waals surface area contributed by atoms with Crippen molar-refractivity contribution < 1.29 is 14.4 Å². The summed E-state index contributed by atoms with van der Waals surface area (Å²) < 4.78 is 6.77. The molecular formula is C23H29N7O3. The molecule has 1 aromatic carbocycles. The molecule has 10 nitrogen and oxygen atoms in total. The van der Waals surface area contributed by atoms with Gasteiger partial charge in [0.2, 0.25) is 0 Å². The van der Waals surface area contributed by atoms with Crippen LogP contribution in [0.3, 0.4) is 0 Å². The number of hydrogen-bond acceptors (Lipinski definition) is 7. The highest BCUT2D eigenvalue weighted by Crippen LogP contribution is 2.30. The van der Waals surface area contributed by atoms with E-state index in [0.29, 0.717) is 18.1 Å². The first-order valence-electron chi connectivity index (χ1n) is 10.9. The van der Waals surface area contributed by atoms with E-state index in [1.165, 1.54) is 7.11 Å². The summed E-state index contributed by atoms with van der Waals surface area (Å²) in [5, 5.41) is 12.7. The normalized spacial score (nSPS) is 18.5. The van der Waals surface area contributed by atoms with Crippen molar-refractivity contribution in [2.24, 2.45) is 0 Å². The van der Waals surface area contributed by atoms with Gasteiger partial charge in [-0.15, -0.1) is 0 Å². The van der Waals surface area contributed by atoms with Crippen molar-refractivity contribution in [2.45, 2.75) is 45.9 Å². The number of anilines is 1. The minimum absolute atomic E-state index is 0.120. The van der Waals surface area contributed by atoms with E-state index in [-0.39, 0.29) is 30.2 Å². The Balaban J connectivity index is 1.62. The molecule has 3 heterocycles. The maximum atomic E-state index is 13.0. The lowest BCUT2D eigenvalue weighted by Crippen LogP contribution is -2.44. The Bertz CT molecular complexity index is 1100. The van der Waals surface area contributed by atoms with Gasteiger partial charge in [0.05, 0.1) is 24.9 Å². The Hall–Kier alpha value is -3.50. The monoisotopic (exact) mass is 451 g/mol. The average Bonchev–Trinajstić information content (AvgIpc) is 3.34. The molecule has 4 rings (SSSR count). The predicted molar refractivity (Wildman–Crippen MR) is 124 cm³/mol. The summed E-state index contributed by atoms with van der Waals surface area (Å²) in [7, 11) is 1.52. The Labute approximate surface area is 192 Å². The minimum atomic E-state index is -0.321. The van der Waals surface area contributed by atoms with Crippen LogP contribution in [0.1, 0.15) is 26.3 Å². The van der Waals surface area contributed by atoms with E-state index in [1.807, 2.05) is 49.2 Å². The van der Waals surface area contributed by atoms with E-state index >= 15 is 0 Å². The number of para-hydroxylation sites is 1. The number of urea groups is 1. The van der Waals surface area contributed by atoms with Gasteiger partial charge < -0.3 is 10.1 Å². The predicted octanol–water partition coefficient (Wildman–Crippen LogP) is 3.18. The third kappa shape index (κ3) is 4.81. The van der Waals surface area contributed by atoms with E-state index in [2.05, 4.69) is 34.4 Å². The number of aromatic nitrogens is 4. The van der Waals surface area contributed by atoms with Crippen LogP contribution in [-0.2, 0) is 4.84 Å². The fraction of sp³-hybridized carbons (Fsp3) is 0.391.